The van der Waals surface area contributed by atoms with Crippen molar-refractivity contribution in [3.8, 4) is 11.5 Å². The lowest BCUT2D eigenvalue weighted by atomic mass is 10.0. The number of imidazole rings is 1. The second kappa shape index (κ2) is 10.9. The Hall–Kier alpha value is -2.50. The van der Waals surface area contributed by atoms with Gasteiger partial charge in [-0.3, -0.25) is 4.79 Å². The van der Waals surface area contributed by atoms with E-state index in [9.17, 15) is 4.79 Å². The Morgan fingerprint density at radius 2 is 1.97 bits per heavy atom. The number of rotatable bonds is 11. The fourth-order valence-electron chi connectivity index (χ4n) is 3.68. The summed E-state index contributed by atoms with van der Waals surface area (Å²) in [7, 11) is 0. The van der Waals surface area contributed by atoms with Gasteiger partial charge in [-0.1, -0.05) is 38.7 Å². The summed E-state index contributed by atoms with van der Waals surface area (Å²) in [5.41, 5.74) is 1.13. The van der Waals surface area contributed by atoms with Crippen molar-refractivity contribution >= 4 is 5.91 Å². The number of hydrogen-bond acceptors (Lipinski definition) is 4. The van der Waals surface area contributed by atoms with Gasteiger partial charge in [-0.25, -0.2) is 4.98 Å². The van der Waals surface area contributed by atoms with Gasteiger partial charge in [0.15, 0.2) is 11.5 Å². The minimum Gasteiger partial charge on any atom is -0.486 e. The lowest BCUT2D eigenvalue weighted by Gasteiger charge is -2.22. The number of carbonyl (C=O) groups excluding carboxylic acids is 1. The van der Waals surface area contributed by atoms with E-state index in [-0.39, 0.29) is 11.9 Å². The lowest BCUT2D eigenvalue weighted by molar-refractivity contribution is -0.122. The second-order valence-electron chi connectivity index (χ2n) is 7.74. The van der Waals surface area contributed by atoms with Crippen LogP contribution in [0.15, 0.2) is 30.6 Å². The van der Waals surface area contributed by atoms with Gasteiger partial charge in [0.05, 0.1) is 6.04 Å². The van der Waals surface area contributed by atoms with Crippen LogP contribution in [0, 0.1) is 6.92 Å². The molecule has 29 heavy (non-hydrogen) atoms. The van der Waals surface area contributed by atoms with Crippen molar-refractivity contribution in [2.24, 2.45) is 0 Å². The SMILES string of the molecule is CCCCCCCC(=O)NC(Cc1ccc2c(c1)OCCO2)Cn1ccnc1C. The van der Waals surface area contributed by atoms with Crippen molar-refractivity contribution < 1.29 is 14.3 Å². The van der Waals surface area contributed by atoms with Crippen LogP contribution in [-0.4, -0.2) is 34.7 Å². The number of benzene rings is 1. The predicted molar refractivity (Wildman–Crippen MR) is 113 cm³/mol. The molecule has 1 N–H and O–H groups in total. The number of nitrogens with one attached hydrogen (secondary N) is 1. The van der Waals surface area contributed by atoms with Gasteiger partial charge in [-0.2, -0.15) is 0 Å². The number of ether oxygens (including phenoxy) is 2. The molecule has 0 spiro atoms. The van der Waals surface area contributed by atoms with Crippen LogP contribution in [0.3, 0.4) is 0 Å². The van der Waals surface area contributed by atoms with Crippen molar-refractivity contribution in [1.82, 2.24) is 14.9 Å². The minimum absolute atomic E-state index is 0.00593. The van der Waals surface area contributed by atoms with Crippen molar-refractivity contribution in [3.05, 3.63) is 42.0 Å². The molecule has 2 heterocycles. The molecule has 1 amide bonds. The van der Waals surface area contributed by atoms with Gasteiger partial charge in [0.1, 0.15) is 19.0 Å². The molecule has 158 valence electrons. The normalized spacial score (nSPS) is 13.9. The van der Waals surface area contributed by atoms with Crippen LogP contribution in [-0.2, 0) is 17.8 Å². The Morgan fingerprint density at radius 3 is 2.72 bits per heavy atom. The molecule has 0 aliphatic carbocycles. The molecule has 2 aromatic rings. The summed E-state index contributed by atoms with van der Waals surface area (Å²) in [5, 5.41) is 3.24. The van der Waals surface area contributed by atoms with Gasteiger partial charge >= 0.3 is 0 Å². The second-order valence-corrected chi connectivity index (χ2v) is 7.74. The third-order valence-electron chi connectivity index (χ3n) is 5.30. The van der Waals surface area contributed by atoms with Crippen molar-refractivity contribution in [1.29, 1.82) is 0 Å². The Kier molecular flexibility index (Phi) is 7.96. The number of aryl methyl sites for hydroxylation is 1. The summed E-state index contributed by atoms with van der Waals surface area (Å²) in [6.45, 7) is 6.04. The molecule has 0 bridgehead atoms. The zero-order valence-corrected chi connectivity index (χ0v) is 17.7. The monoisotopic (exact) mass is 399 g/mol. The van der Waals surface area contributed by atoms with Gasteiger partial charge < -0.3 is 19.4 Å². The number of amides is 1. The molecule has 1 aromatic heterocycles. The van der Waals surface area contributed by atoms with E-state index in [4.69, 9.17) is 9.47 Å². The Bertz CT molecular complexity index is 787. The molecule has 6 nitrogen and oxygen atoms in total. The summed E-state index contributed by atoms with van der Waals surface area (Å²) in [6, 6.07) is 6.03. The van der Waals surface area contributed by atoms with Crippen LogP contribution < -0.4 is 14.8 Å². The third kappa shape index (κ3) is 6.51. The van der Waals surface area contributed by atoms with E-state index in [1.165, 1.54) is 19.3 Å². The van der Waals surface area contributed by atoms with Crippen LogP contribution in [0.4, 0.5) is 0 Å². The number of fused-ring (bicyclic) bond motifs is 1. The van der Waals surface area contributed by atoms with E-state index in [0.29, 0.717) is 26.2 Å². The summed E-state index contributed by atoms with van der Waals surface area (Å²) in [4.78, 5) is 16.8. The van der Waals surface area contributed by atoms with Crippen LogP contribution in [0.25, 0.3) is 0 Å². The van der Waals surface area contributed by atoms with Crippen LogP contribution in [0.1, 0.15) is 56.8 Å². The average Bonchev–Trinajstić information content (AvgIpc) is 3.12. The Balaban J connectivity index is 1.61. The summed E-state index contributed by atoms with van der Waals surface area (Å²) in [5.74, 6) is 2.65. The van der Waals surface area contributed by atoms with Crippen LogP contribution in [0.2, 0.25) is 0 Å². The molecule has 6 heteroatoms. The molecule has 0 radical (unpaired) electrons. The van der Waals surface area contributed by atoms with E-state index in [2.05, 4.69) is 27.9 Å². The zero-order chi connectivity index (χ0) is 20.5. The molecule has 3 rings (SSSR count). The van der Waals surface area contributed by atoms with Crippen molar-refractivity contribution in [3.63, 3.8) is 0 Å². The zero-order valence-electron chi connectivity index (χ0n) is 17.7. The molecule has 0 fully saturated rings. The topological polar surface area (TPSA) is 65.4 Å². The molecule has 1 aromatic carbocycles. The van der Waals surface area contributed by atoms with E-state index in [1.54, 1.807) is 6.20 Å². The number of carbonyl (C=O) groups is 1. The maximum atomic E-state index is 12.5. The van der Waals surface area contributed by atoms with Gasteiger partial charge in [-0.05, 0) is 37.5 Å². The van der Waals surface area contributed by atoms with Crippen LogP contribution in [0.5, 0.6) is 11.5 Å². The highest BCUT2D eigenvalue weighted by Crippen LogP contribution is 2.31. The van der Waals surface area contributed by atoms with Crippen molar-refractivity contribution in [2.45, 2.75) is 71.4 Å². The fourth-order valence-corrected chi connectivity index (χ4v) is 3.68. The Morgan fingerprint density at radius 1 is 1.17 bits per heavy atom. The number of nitrogens with zero attached hydrogens (tertiary/aromatic N) is 2. The molecular weight excluding hydrogens is 366 g/mol. The fraction of sp³-hybridized carbons (Fsp3) is 0.565. The molecular formula is C23H33N3O3. The van der Waals surface area contributed by atoms with Gasteiger partial charge in [0, 0.05) is 25.4 Å². The first-order chi connectivity index (χ1) is 14.2. The number of hydrogen-bond donors (Lipinski definition) is 1. The largest absolute Gasteiger partial charge is 0.486 e. The smallest absolute Gasteiger partial charge is 0.220 e. The first-order valence-electron chi connectivity index (χ1n) is 10.8. The molecule has 1 aliphatic heterocycles. The minimum atomic E-state index is -0.00593. The quantitative estimate of drug-likeness (QED) is 0.579. The van der Waals surface area contributed by atoms with Crippen LogP contribution >= 0.6 is 0 Å². The third-order valence-corrected chi connectivity index (χ3v) is 5.30. The highest BCUT2D eigenvalue weighted by atomic mass is 16.6. The maximum absolute atomic E-state index is 12.5. The van der Waals surface area contributed by atoms with Crippen molar-refractivity contribution in [2.75, 3.05) is 13.2 Å². The highest BCUT2D eigenvalue weighted by Gasteiger charge is 2.17. The maximum Gasteiger partial charge on any atom is 0.220 e. The van der Waals surface area contributed by atoms with Gasteiger partial charge in [-0.15, -0.1) is 0 Å². The van der Waals surface area contributed by atoms with E-state index in [0.717, 1.165) is 42.1 Å². The first-order valence-corrected chi connectivity index (χ1v) is 10.8. The van der Waals surface area contributed by atoms with E-state index >= 15 is 0 Å². The summed E-state index contributed by atoms with van der Waals surface area (Å²) >= 11 is 0. The Labute approximate surface area is 173 Å². The van der Waals surface area contributed by atoms with Gasteiger partial charge in [0.25, 0.3) is 0 Å². The average molecular weight is 400 g/mol. The number of unbranched alkanes of at least 4 members (excludes halogenated alkanes) is 4. The molecule has 0 saturated heterocycles. The van der Waals surface area contributed by atoms with Gasteiger partial charge in [0.2, 0.25) is 5.91 Å². The predicted octanol–water partition coefficient (Wildman–Crippen LogP) is 4.05. The molecule has 1 unspecified atom stereocenters. The van der Waals surface area contributed by atoms with E-state index in [1.807, 2.05) is 25.3 Å². The lowest BCUT2D eigenvalue weighted by Crippen LogP contribution is -2.39. The van der Waals surface area contributed by atoms with E-state index < -0.39 is 0 Å². The molecule has 1 atom stereocenters. The summed E-state index contributed by atoms with van der Waals surface area (Å²) < 4.78 is 13.4. The highest BCUT2D eigenvalue weighted by molar-refractivity contribution is 5.76. The summed E-state index contributed by atoms with van der Waals surface area (Å²) in [6.07, 6.45) is 10.8. The first kappa shape index (κ1) is 21.2. The number of aromatic nitrogens is 2. The molecule has 0 saturated carbocycles. The molecule has 1 aliphatic rings. The standard InChI is InChI=1S/C23H33N3O3/c1-3-4-5-6-7-8-23(27)25-20(17-26-12-11-24-18(26)2)15-19-9-10-21-22(16-19)29-14-13-28-21/h9-12,16,20H,3-8,13-15,17H2,1-2H3,(H,25,27).